The molecule has 1 aromatic heterocycles. The van der Waals surface area contributed by atoms with Crippen molar-refractivity contribution in [2.24, 2.45) is 0 Å². The van der Waals surface area contributed by atoms with E-state index in [9.17, 15) is 4.79 Å². The Morgan fingerprint density at radius 1 is 1.33 bits per heavy atom. The Morgan fingerprint density at radius 2 is 2.12 bits per heavy atom. The van der Waals surface area contributed by atoms with Crippen molar-refractivity contribution in [2.45, 2.75) is 38.4 Å². The van der Waals surface area contributed by atoms with Crippen LogP contribution in [0.1, 0.15) is 27.2 Å². The molecule has 0 aromatic carbocycles. The Labute approximate surface area is 146 Å². The number of rotatable bonds is 1. The molecular weight excluding hydrogens is 332 g/mol. The van der Waals surface area contributed by atoms with Crippen LogP contribution in [-0.2, 0) is 9.47 Å². The maximum Gasteiger partial charge on any atom is 0.410 e. The Bertz CT molecular complexity index is 622. The molecule has 7 nitrogen and oxygen atoms in total. The van der Waals surface area contributed by atoms with E-state index in [4.69, 9.17) is 21.1 Å². The van der Waals surface area contributed by atoms with Crippen molar-refractivity contribution < 1.29 is 14.3 Å². The first-order chi connectivity index (χ1) is 11.3. The summed E-state index contributed by atoms with van der Waals surface area (Å²) in [4.78, 5) is 24.6. The van der Waals surface area contributed by atoms with E-state index >= 15 is 0 Å². The molecule has 0 radical (unpaired) electrons. The number of morpholine rings is 1. The van der Waals surface area contributed by atoms with Crippen molar-refractivity contribution in [1.29, 1.82) is 0 Å². The van der Waals surface area contributed by atoms with Crippen LogP contribution in [0.15, 0.2) is 12.4 Å². The highest BCUT2D eigenvalue weighted by atomic mass is 35.5. The summed E-state index contributed by atoms with van der Waals surface area (Å²) in [5, 5.41) is 0.369. The average Bonchev–Trinajstić information content (AvgIpc) is 2.89. The Kier molecular flexibility index (Phi) is 4.57. The lowest BCUT2D eigenvalue weighted by Crippen LogP contribution is -2.55. The smallest absolute Gasteiger partial charge is 0.410 e. The number of hydrogen-bond donors (Lipinski definition) is 0. The number of amides is 1. The van der Waals surface area contributed by atoms with Crippen LogP contribution in [-0.4, -0.2) is 64.9 Å². The molecule has 2 aliphatic heterocycles. The van der Waals surface area contributed by atoms with Crippen LogP contribution in [0.4, 0.5) is 10.6 Å². The molecule has 0 N–H and O–H groups in total. The van der Waals surface area contributed by atoms with Gasteiger partial charge in [0.2, 0.25) is 0 Å². The summed E-state index contributed by atoms with van der Waals surface area (Å²) in [7, 11) is 0. The summed E-state index contributed by atoms with van der Waals surface area (Å²) in [5.41, 5.74) is -0.889. The van der Waals surface area contributed by atoms with Gasteiger partial charge in [-0.3, -0.25) is 4.98 Å². The van der Waals surface area contributed by atoms with E-state index in [-0.39, 0.29) is 11.7 Å². The van der Waals surface area contributed by atoms with Gasteiger partial charge < -0.3 is 19.3 Å². The average molecular weight is 355 g/mol. The van der Waals surface area contributed by atoms with Gasteiger partial charge in [-0.15, -0.1) is 0 Å². The molecule has 2 aliphatic rings. The highest BCUT2D eigenvalue weighted by molar-refractivity contribution is 6.29. The van der Waals surface area contributed by atoms with E-state index < -0.39 is 5.60 Å². The van der Waals surface area contributed by atoms with E-state index in [2.05, 4.69) is 14.9 Å². The van der Waals surface area contributed by atoms with Crippen LogP contribution < -0.4 is 4.90 Å². The van der Waals surface area contributed by atoms with E-state index in [1.807, 2.05) is 20.8 Å². The minimum Gasteiger partial charge on any atom is -0.444 e. The van der Waals surface area contributed by atoms with Crippen molar-refractivity contribution in [3.8, 4) is 0 Å². The van der Waals surface area contributed by atoms with Crippen molar-refractivity contribution in [3.05, 3.63) is 17.5 Å². The normalized spacial score (nSPS) is 24.5. The summed E-state index contributed by atoms with van der Waals surface area (Å²) in [6, 6.07) is 0. The third-order valence-electron chi connectivity index (χ3n) is 4.13. The molecule has 132 valence electrons. The van der Waals surface area contributed by atoms with Gasteiger partial charge in [-0.05, 0) is 27.2 Å². The molecular formula is C16H23ClN4O3. The van der Waals surface area contributed by atoms with E-state index in [1.54, 1.807) is 11.1 Å². The molecule has 3 heterocycles. The number of ether oxygens (including phenoxy) is 2. The minimum atomic E-state index is -0.499. The van der Waals surface area contributed by atoms with E-state index in [0.29, 0.717) is 31.4 Å². The van der Waals surface area contributed by atoms with Crippen LogP contribution in [0.5, 0.6) is 0 Å². The molecule has 1 amide bonds. The van der Waals surface area contributed by atoms with Gasteiger partial charge in [0.15, 0.2) is 0 Å². The van der Waals surface area contributed by atoms with Crippen LogP contribution in [0, 0.1) is 0 Å². The summed E-state index contributed by atoms with van der Waals surface area (Å²) < 4.78 is 11.5. The maximum atomic E-state index is 12.3. The van der Waals surface area contributed by atoms with Gasteiger partial charge in [-0.2, -0.15) is 0 Å². The predicted molar refractivity (Wildman–Crippen MR) is 90.4 cm³/mol. The van der Waals surface area contributed by atoms with Gasteiger partial charge in [0, 0.05) is 13.1 Å². The molecule has 1 spiro atoms. The fourth-order valence-corrected chi connectivity index (χ4v) is 3.24. The number of halogens is 1. The highest BCUT2D eigenvalue weighted by Crippen LogP contribution is 2.32. The molecule has 0 bridgehead atoms. The van der Waals surface area contributed by atoms with E-state index in [1.165, 1.54) is 6.20 Å². The van der Waals surface area contributed by atoms with Crippen LogP contribution >= 0.6 is 11.6 Å². The molecule has 3 rings (SSSR count). The third kappa shape index (κ3) is 3.89. The first-order valence-electron chi connectivity index (χ1n) is 8.11. The molecule has 1 atom stereocenters. The highest BCUT2D eigenvalue weighted by Gasteiger charge is 2.45. The second-order valence-corrected chi connectivity index (χ2v) is 7.69. The van der Waals surface area contributed by atoms with Gasteiger partial charge in [0.25, 0.3) is 0 Å². The molecule has 24 heavy (non-hydrogen) atoms. The summed E-state index contributed by atoms with van der Waals surface area (Å²) >= 11 is 5.93. The van der Waals surface area contributed by atoms with Gasteiger partial charge in [-0.25, -0.2) is 9.78 Å². The largest absolute Gasteiger partial charge is 0.444 e. The van der Waals surface area contributed by atoms with Gasteiger partial charge in [0.05, 0.1) is 32.1 Å². The lowest BCUT2D eigenvalue weighted by molar-refractivity contribution is -0.0958. The SMILES string of the molecule is CC(C)(C)OC(=O)N1CCOC2(CCN(c3cncc(Cl)n3)C2)C1. The molecule has 1 aromatic rings. The second kappa shape index (κ2) is 6.37. The fourth-order valence-electron chi connectivity index (χ4n) is 3.10. The number of hydrogen-bond acceptors (Lipinski definition) is 6. The zero-order valence-corrected chi connectivity index (χ0v) is 15.0. The predicted octanol–water partition coefficient (Wildman–Crippen LogP) is 2.35. The van der Waals surface area contributed by atoms with Crippen LogP contribution in [0.2, 0.25) is 5.15 Å². The molecule has 2 fully saturated rings. The number of carbonyl (C=O) groups excluding carboxylic acids is 1. The standard InChI is InChI=1S/C16H23ClN4O3/c1-15(2,3)24-14(22)21-6-7-23-16(11-21)4-5-20(10-16)13-9-18-8-12(17)19-13/h8-9H,4-7,10-11H2,1-3H3. The maximum absolute atomic E-state index is 12.3. The van der Waals surface area contributed by atoms with Gasteiger partial charge in [0.1, 0.15) is 22.2 Å². The van der Waals surface area contributed by atoms with Crippen molar-refractivity contribution in [3.63, 3.8) is 0 Å². The molecule has 0 saturated carbocycles. The summed E-state index contributed by atoms with van der Waals surface area (Å²) in [6.45, 7) is 8.63. The monoisotopic (exact) mass is 354 g/mol. The molecule has 0 aliphatic carbocycles. The first kappa shape index (κ1) is 17.2. The third-order valence-corrected chi connectivity index (χ3v) is 4.32. The Balaban J connectivity index is 1.67. The van der Waals surface area contributed by atoms with Crippen molar-refractivity contribution in [2.75, 3.05) is 37.7 Å². The number of aromatic nitrogens is 2. The number of carbonyl (C=O) groups is 1. The summed E-state index contributed by atoms with van der Waals surface area (Å²) in [6.07, 6.45) is 3.74. The Morgan fingerprint density at radius 3 is 2.83 bits per heavy atom. The van der Waals surface area contributed by atoms with Crippen LogP contribution in [0.25, 0.3) is 0 Å². The number of anilines is 1. The molecule has 1 unspecified atom stereocenters. The zero-order valence-electron chi connectivity index (χ0n) is 14.3. The van der Waals surface area contributed by atoms with Gasteiger partial charge >= 0.3 is 6.09 Å². The fraction of sp³-hybridized carbons (Fsp3) is 0.688. The quantitative estimate of drug-likeness (QED) is 0.771. The second-order valence-electron chi connectivity index (χ2n) is 7.30. The molecule has 2 saturated heterocycles. The lowest BCUT2D eigenvalue weighted by Gasteiger charge is -2.40. The molecule has 8 heteroatoms. The topological polar surface area (TPSA) is 67.8 Å². The van der Waals surface area contributed by atoms with Crippen molar-refractivity contribution in [1.82, 2.24) is 14.9 Å². The van der Waals surface area contributed by atoms with Crippen molar-refractivity contribution >= 4 is 23.5 Å². The minimum absolute atomic E-state index is 0.286. The van der Waals surface area contributed by atoms with Gasteiger partial charge in [-0.1, -0.05) is 11.6 Å². The lowest BCUT2D eigenvalue weighted by atomic mass is 10.0. The summed E-state index contributed by atoms with van der Waals surface area (Å²) in [5.74, 6) is 0.734. The first-order valence-corrected chi connectivity index (χ1v) is 8.49. The Hall–Kier alpha value is -1.60. The van der Waals surface area contributed by atoms with E-state index in [0.717, 1.165) is 18.8 Å². The van der Waals surface area contributed by atoms with Crippen LogP contribution in [0.3, 0.4) is 0 Å². The number of nitrogens with zero attached hydrogens (tertiary/aromatic N) is 4. The zero-order chi connectivity index (χ0) is 17.4.